The molecule has 178 valence electrons. The molecule has 0 aromatic heterocycles. The minimum atomic E-state index is -1.82. The molecule has 6 atom stereocenters. The summed E-state index contributed by atoms with van der Waals surface area (Å²) < 4.78 is 17.2. The summed E-state index contributed by atoms with van der Waals surface area (Å²) >= 11 is 12.8. The molecule has 2 aromatic carbocycles. The van der Waals surface area contributed by atoms with E-state index < -0.39 is 36.7 Å². The van der Waals surface area contributed by atoms with Gasteiger partial charge in [-0.25, -0.2) is 4.79 Å². The van der Waals surface area contributed by atoms with E-state index in [-0.39, 0.29) is 18.4 Å². The fourth-order valence-electron chi connectivity index (χ4n) is 4.01. The Hall–Kier alpha value is -2.11. The van der Waals surface area contributed by atoms with Gasteiger partial charge in [0.05, 0.1) is 10.0 Å². The Morgan fingerprint density at radius 3 is 2.42 bits per heavy atom. The molecule has 0 saturated carbocycles. The fraction of sp³-hybridized carbons (Fsp3) is 0.409. The van der Waals surface area contributed by atoms with Crippen molar-refractivity contribution in [2.75, 3.05) is 6.54 Å². The predicted molar refractivity (Wildman–Crippen MR) is 119 cm³/mol. The van der Waals surface area contributed by atoms with Crippen LogP contribution in [0.2, 0.25) is 10.0 Å². The van der Waals surface area contributed by atoms with Gasteiger partial charge in [0.25, 0.3) is 0 Å². The zero-order valence-electron chi connectivity index (χ0n) is 17.2. The Bertz CT molecular complexity index is 1030. The van der Waals surface area contributed by atoms with Crippen LogP contribution in [0.4, 0.5) is 0 Å². The van der Waals surface area contributed by atoms with Gasteiger partial charge in [-0.05, 0) is 37.1 Å². The maximum atomic E-state index is 11.4. The van der Waals surface area contributed by atoms with Gasteiger partial charge in [-0.2, -0.15) is 0 Å². The van der Waals surface area contributed by atoms with Gasteiger partial charge in [0.2, 0.25) is 6.29 Å². The highest BCUT2D eigenvalue weighted by Crippen LogP contribution is 2.47. The summed E-state index contributed by atoms with van der Waals surface area (Å²) in [7, 11) is 0. The summed E-state index contributed by atoms with van der Waals surface area (Å²) in [6, 6.07) is 8.40. The number of hydrogen-bond donors (Lipinski definition) is 5. The zero-order valence-corrected chi connectivity index (χ0v) is 18.7. The van der Waals surface area contributed by atoms with Crippen LogP contribution in [-0.2, 0) is 16.0 Å². The first-order chi connectivity index (χ1) is 15.7. The molecule has 4 rings (SSSR count). The van der Waals surface area contributed by atoms with Crippen LogP contribution in [0.1, 0.15) is 12.0 Å². The van der Waals surface area contributed by atoms with Crippen molar-refractivity contribution in [2.24, 2.45) is 5.73 Å². The van der Waals surface area contributed by atoms with Crippen LogP contribution in [0.25, 0.3) is 11.1 Å². The van der Waals surface area contributed by atoms with E-state index in [1.807, 2.05) is 0 Å². The summed E-state index contributed by atoms with van der Waals surface area (Å²) in [4.78, 5) is 11.4. The summed E-state index contributed by atoms with van der Waals surface area (Å²) in [5.41, 5.74) is 7.63. The van der Waals surface area contributed by atoms with Crippen molar-refractivity contribution >= 4 is 29.2 Å². The largest absolute Gasteiger partial charge is 0.488 e. The molecule has 9 nitrogen and oxygen atoms in total. The number of aliphatic hydroxyl groups excluding tert-OH is 3. The Morgan fingerprint density at radius 1 is 1.09 bits per heavy atom. The molecule has 2 aromatic rings. The normalized spacial score (nSPS) is 29.2. The lowest BCUT2D eigenvalue weighted by Gasteiger charge is -2.39. The Morgan fingerprint density at radius 2 is 1.79 bits per heavy atom. The molecule has 1 fully saturated rings. The number of hydrogen-bond acceptors (Lipinski definition) is 8. The highest BCUT2D eigenvalue weighted by atomic mass is 35.5. The number of aliphatic hydroxyl groups is 3. The predicted octanol–water partition coefficient (Wildman–Crippen LogP) is 1.58. The number of fused-ring (bicyclic) bond motifs is 1. The number of carbonyl (C=O) groups is 1. The second kappa shape index (κ2) is 9.63. The minimum absolute atomic E-state index is 0.252. The second-order valence-electron chi connectivity index (χ2n) is 7.88. The van der Waals surface area contributed by atoms with Crippen molar-refractivity contribution in [3.05, 3.63) is 45.9 Å². The number of rotatable bonds is 5. The molecule has 33 heavy (non-hydrogen) atoms. The third kappa shape index (κ3) is 4.50. The third-order valence-electron chi connectivity index (χ3n) is 5.77. The molecule has 0 bridgehead atoms. The van der Waals surface area contributed by atoms with Crippen LogP contribution in [0.15, 0.2) is 30.3 Å². The van der Waals surface area contributed by atoms with Gasteiger partial charge in [-0.1, -0.05) is 29.3 Å². The first-order valence-corrected chi connectivity index (χ1v) is 11.0. The van der Waals surface area contributed by atoms with Gasteiger partial charge >= 0.3 is 5.97 Å². The van der Waals surface area contributed by atoms with Crippen LogP contribution < -0.4 is 15.2 Å². The van der Waals surface area contributed by atoms with Gasteiger partial charge in [-0.15, -0.1) is 0 Å². The van der Waals surface area contributed by atoms with Crippen molar-refractivity contribution in [1.29, 1.82) is 0 Å². The number of halogens is 2. The van der Waals surface area contributed by atoms with Crippen LogP contribution in [0.5, 0.6) is 11.5 Å². The standard InChI is InChI=1S/C22H23Cl2NO8/c23-12-2-1-3-13(24)15(12)11-6-7-14(10-5-4-9(8-25)31-19(10)11)32-22-18(28)16(26)17(27)20(33-22)21(29)30/h1-3,6-7,9,16-18,20,22,26-28H,4-5,8,25H2,(H,29,30)/t9-,16?,17?,18?,20?,22?/m1/s1. The van der Waals surface area contributed by atoms with E-state index in [2.05, 4.69) is 0 Å². The van der Waals surface area contributed by atoms with Crippen molar-refractivity contribution in [1.82, 2.24) is 0 Å². The van der Waals surface area contributed by atoms with Gasteiger partial charge in [0, 0.05) is 23.2 Å². The zero-order chi connectivity index (χ0) is 23.9. The lowest BCUT2D eigenvalue weighted by atomic mass is 9.94. The van der Waals surface area contributed by atoms with Crippen molar-refractivity contribution < 1.29 is 39.4 Å². The van der Waals surface area contributed by atoms with Crippen molar-refractivity contribution in [3.63, 3.8) is 0 Å². The minimum Gasteiger partial charge on any atom is -0.488 e. The summed E-state index contributed by atoms with van der Waals surface area (Å²) in [6.45, 7) is 0.287. The number of carboxylic acid groups (broad SMARTS) is 1. The second-order valence-corrected chi connectivity index (χ2v) is 8.70. The number of ether oxygens (including phenoxy) is 3. The topological polar surface area (TPSA) is 152 Å². The molecular weight excluding hydrogens is 477 g/mol. The molecule has 0 aliphatic carbocycles. The molecule has 0 radical (unpaired) electrons. The van der Waals surface area contributed by atoms with E-state index in [0.29, 0.717) is 45.3 Å². The Balaban J connectivity index is 1.74. The first-order valence-electron chi connectivity index (χ1n) is 10.3. The maximum Gasteiger partial charge on any atom is 0.335 e. The van der Waals surface area contributed by atoms with Crippen LogP contribution >= 0.6 is 23.2 Å². The Kier molecular flexibility index (Phi) is 7.01. The monoisotopic (exact) mass is 499 g/mol. The maximum absolute atomic E-state index is 11.4. The molecule has 1 saturated heterocycles. The van der Waals surface area contributed by atoms with Gasteiger partial charge < -0.3 is 40.4 Å². The Labute approximate surface area is 199 Å². The summed E-state index contributed by atoms with van der Waals surface area (Å²) in [5, 5.41) is 40.4. The lowest BCUT2D eigenvalue weighted by molar-refractivity contribution is -0.271. The number of benzene rings is 2. The van der Waals surface area contributed by atoms with Crippen LogP contribution in [-0.4, -0.2) is 69.8 Å². The van der Waals surface area contributed by atoms with Gasteiger partial charge in [0.15, 0.2) is 6.10 Å². The van der Waals surface area contributed by atoms with Crippen LogP contribution in [0, 0.1) is 0 Å². The van der Waals surface area contributed by atoms with E-state index >= 15 is 0 Å². The number of nitrogens with two attached hydrogens (primary N) is 1. The van der Waals surface area contributed by atoms with Crippen molar-refractivity contribution in [2.45, 2.75) is 49.7 Å². The molecule has 2 aliphatic heterocycles. The summed E-state index contributed by atoms with van der Waals surface area (Å²) in [5.74, 6) is -0.795. The van der Waals surface area contributed by atoms with E-state index in [1.165, 1.54) is 0 Å². The van der Waals surface area contributed by atoms with Gasteiger partial charge in [-0.3, -0.25) is 0 Å². The fourth-order valence-corrected chi connectivity index (χ4v) is 4.62. The third-order valence-corrected chi connectivity index (χ3v) is 6.40. The molecule has 2 heterocycles. The smallest absolute Gasteiger partial charge is 0.335 e. The molecule has 0 amide bonds. The molecule has 5 unspecified atom stereocenters. The van der Waals surface area contributed by atoms with E-state index in [0.717, 1.165) is 0 Å². The average molecular weight is 500 g/mol. The average Bonchev–Trinajstić information content (AvgIpc) is 2.79. The van der Waals surface area contributed by atoms with E-state index in [9.17, 15) is 25.2 Å². The van der Waals surface area contributed by atoms with Gasteiger partial charge in [0.1, 0.15) is 35.9 Å². The highest BCUT2D eigenvalue weighted by molar-refractivity contribution is 6.39. The number of aliphatic carboxylic acids is 1. The van der Waals surface area contributed by atoms with Crippen molar-refractivity contribution in [3.8, 4) is 22.6 Å². The quantitative estimate of drug-likeness (QED) is 0.412. The molecule has 0 spiro atoms. The highest BCUT2D eigenvalue weighted by Gasteiger charge is 2.48. The first kappa shape index (κ1) is 24.0. The molecular formula is C22H23Cl2NO8. The van der Waals surface area contributed by atoms with Crippen LogP contribution in [0.3, 0.4) is 0 Å². The molecule has 11 heteroatoms. The molecule has 6 N–H and O–H groups in total. The lowest BCUT2D eigenvalue weighted by Crippen LogP contribution is -2.61. The van der Waals surface area contributed by atoms with E-state index in [1.54, 1.807) is 30.3 Å². The SMILES string of the molecule is NC[C@H]1CCc2c(OC3OC(C(=O)O)C(O)C(O)C3O)ccc(-c3c(Cl)cccc3Cl)c2O1. The van der Waals surface area contributed by atoms with E-state index in [4.69, 9.17) is 43.1 Å². The number of carboxylic acids is 1. The molecule has 2 aliphatic rings. The summed E-state index contributed by atoms with van der Waals surface area (Å²) in [6.07, 6.45) is -7.77.